The third-order valence-corrected chi connectivity index (χ3v) is 6.70. The minimum atomic E-state index is 0.670. The average molecular weight is 375 g/mol. The quantitative estimate of drug-likeness (QED) is 0.502. The molecule has 0 spiro atoms. The van der Waals surface area contributed by atoms with E-state index in [1.165, 1.54) is 45.6 Å². The van der Waals surface area contributed by atoms with Gasteiger partial charge in [0, 0.05) is 30.4 Å². The number of pyridine rings is 1. The molecule has 1 aliphatic heterocycles. The molecule has 0 bridgehead atoms. The molecule has 2 heterocycles. The van der Waals surface area contributed by atoms with Crippen molar-refractivity contribution in [1.82, 2.24) is 9.29 Å². The largest absolute Gasteiger partial charge is 0.264 e. The van der Waals surface area contributed by atoms with Crippen LogP contribution in [0.2, 0.25) is 0 Å². The molecule has 1 aliphatic rings. The van der Waals surface area contributed by atoms with Crippen LogP contribution in [-0.2, 0) is 0 Å². The first-order valence-electron chi connectivity index (χ1n) is 9.70. The Kier molecular flexibility index (Phi) is 5.61. The number of hydrogen-bond acceptors (Lipinski definition) is 3. The Morgan fingerprint density at radius 3 is 2.41 bits per heavy atom. The highest BCUT2D eigenvalue weighted by molar-refractivity contribution is 7.97. The van der Waals surface area contributed by atoms with E-state index in [2.05, 4.69) is 71.7 Å². The number of aromatic nitrogens is 1. The van der Waals surface area contributed by atoms with Crippen LogP contribution in [0.3, 0.4) is 0 Å². The summed E-state index contributed by atoms with van der Waals surface area (Å²) >= 11 is 1.84. The fraction of sp³-hybridized carbons (Fsp3) is 0.292. The highest BCUT2D eigenvalue weighted by atomic mass is 32.2. The molecule has 2 aromatic carbocycles. The van der Waals surface area contributed by atoms with Crippen LogP contribution in [0.15, 0.2) is 71.9 Å². The normalized spacial score (nSPS) is 15.8. The Hall–Kier alpha value is -2.10. The van der Waals surface area contributed by atoms with Crippen LogP contribution < -0.4 is 0 Å². The maximum atomic E-state index is 4.21. The van der Waals surface area contributed by atoms with Gasteiger partial charge in [-0.05, 0) is 84.5 Å². The lowest BCUT2D eigenvalue weighted by molar-refractivity contribution is 0.346. The van der Waals surface area contributed by atoms with Crippen molar-refractivity contribution < 1.29 is 0 Å². The third kappa shape index (κ3) is 4.26. The first kappa shape index (κ1) is 18.3. The highest BCUT2D eigenvalue weighted by Crippen LogP contribution is 2.34. The molecule has 138 valence electrons. The van der Waals surface area contributed by atoms with Crippen LogP contribution in [0.25, 0.3) is 11.1 Å². The van der Waals surface area contributed by atoms with Crippen LogP contribution in [0, 0.1) is 13.8 Å². The predicted octanol–water partition coefficient (Wildman–Crippen LogP) is 6.25. The number of nitrogens with zero attached hydrogens (tertiary/aromatic N) is 2. The van der Waals surface area contributed by atoms with Gasteiger partial charge in [-0.2, -0.15) is 0 Å². The van der Waals surface area contributed by atoms with E-state index in [9.17, 15) is 0 Å². The summed E-state index contributed by atoms with van der Waals surface area (Å²) in [7, 11) is 0. The van der Waals surface area contributed by atoms with Crippen LogP contribution in [0.1, 0.15) is 35.4 Å². The lowest BCUT2D eigenvalue weighted by atomic mass is 9.88. The summed E-state index contributed by atoms with van der Waals surface area (Å²) in [6, 6.07) is 20.0. The molecule has 4 rings (SSSR count). The molecule has 1 fully saturated rings. The van der Waals surface area contributed by atoms with Gasteiger partial charge < -0.3 is 0 Å². The van der Waals surface area contributed by atoms with Gasteiger partial charge in [0.05, 0.1) is 0 Å². The molecule has 0 saturated carbocycles. The molecule has 3 aromatic rings. The van der Waals surface area contributed by atoms with E-state index in [1.807, 2.05) is 30.4 Å². The third-order valence-electron chi connectivity index (χ3n) is 5.62. The van der Waals surface area contributed by atoms with Crippen molar-refractivity contribution in [1.29, 1.82) is 0 Å². The van der Waals surface area contributed by atoms with Gasteiger partial charge in [-0.15, -0.1) is 0 Å². The number of rotatable bonds is 4. The van der Waals surface area contributed by atoms with Gasteiger partial charge in [-0.1, -0.05) is 42.5 Å². The minimum absolute atomic E-state index is 0.670. The smallest absolute Gasteiger partial charge is 0.0417 e. The van der Waals surface area contributed by atoms with Crippen molar-refractivity contribution in [2.45, 2.75) is 37.5 Å². The molecule has 1 aromatic heterocycles. The zero-order chi connectivity index (χ0) is 18.6. The molecule has 2 nitrogen and oxygen atoms in total. The lowest BCUT2D eigenvalue weighted by Crippen LogP contribution is -2.27. The maximum absolute atomic E-state index is 4.21. The standard InChI is InChI=1S/C24H26N2S/c1-18-5-3-7-24(19(18)2)22-10-8-20(9-11-22)21-12-15-26(16-13-21)27-23-6-4-14-25-17-23/h3-11,14,17,21H,12-13,15-16H2,1-2H3. The van der Waals surface area contributed by atoms with Crippen LogP contribution in [-0.4, -0.2) is 22.4 Å². The fourth-order valence-electron chi connectivity index (χ4n) is 3.83. The molecule has 1 saturated heterocycles. The Morgan fingerprint density at radius 1 is 0.926 bits per heavy atom. The number of hydrogen-bond donors (Lipinski definition) is 0. The Bertz CT molecular complexity index is 882. The van der Waals surface area contributed by atoms with Gasteiger partial charge in [0.2, 0.25) is 0 Å². The predicted molar refractivity (Wildman–Crippen MR) is 115 cm³/mol. The molecule has 0 unspecified atom stereocenters. The van der Waals surface area contributed by atoms with Crippen molar-refractivity contribution in [2.75, 3.05) is 13.1 Å². The molecule has 0 atom stereocenters. The van der Waals surface area contributed by atoms with Crippen LogP contribution >= 0.6 is 11.9 Å². The van der Waals surface area contributed by atoms with Crippen LogP contribution in [0.5, 0.6) is 0 Å². The van der Waals surface area contributed by atoms with Crippen molar-refractivity contribution >= 4 is 11.9 Å². The van der Waals surface area contributed by atoms with E-state index in [1.54, 1.807) is 0 Å². The fourth-order valence-corrected chi connectivity index (χ4v) is 4.77. The van der Waals surface area contributed by atoms with Crippen molar-refractivity contribution in [3.05, 3.63) is 83.7 Å². The summed E-state index contributed by atoms with van der Waals surface area (Å²) in [4.78, 5) is 5.44. The average Bonchev–Trinajstić information content (AvgIpc) is 2.72. The highest BCUT2D eigenvalue weighted by Gasteiger charge is 2.21. The molecule has 3 heteroatoms. The van der Waals surface area contributed by atoms with Crippen molar-refractivity contribution in [3.8, 4) is 11.1 Å². The molecule has 0 N–H and O–H groups in total. The van der Waals surface area contributed by atoms with E-state index >= 15 is 0 Å². The summed E-state index contributed by atoms with van der Waals surface area (Å²) in [6.45, 7) is 6.66. The van der Waals surface area contributed by atoms with E-state index in [0.717, 1.165) is 13.1 Å². The van der Waals surface area contributed by atoms with Gasteiger partial charge in [0.1, 0.15) is 0 Å². The SMILES string of the molecule is Cc1cccc(-c2ccc(C3CCN(Sc4cccnc4)CC3)cc2)c1C. The van der Waals surface area contributed by atoms with Crippen molar-refractivity contribution in [2.24, 2.45) is 0 Å². The Morgan fingerprint density at radius 2 is 1.70 bits per heavy atom. The van der Waals surface area contributed by atoms with Gasteiger partial charge in [-0.25, -0.2) is 4.31 Å². The molecular weight excluding hydrogens is 348 g/mol. The molecule has 27 heavy (non-hydrogen) atoms. The first-order chi connectivity index (χ1) is 13.2. The topological polar surface area (TPSA) is 16.1 Å². The van der Waals surface area contributed by atoms with Gasteiger partial charge in [0.15, 0.2) is 0 Å². The second-order valence-corrected chi connectivity index (χ2v) is 8.52. The summed E-state index contributed by atoms with van der Waals surface area (Å²) in [5.74, 6) is 0.670. The zero-order valence-electron chi connectivity index (χ0n) is 16.1. The summed E-state index contributed by atoms with van der Waals surface area (Å²) in [5.41, 5.74) is 6.89. The minimum Gasteiger partial charge on any atom is -0.264 e. The maximum Gasteiger partial charge on any atom is 0.0417 e. The van der Waals surface area contributed by atoms with Crippen LogP contribution in [0.4, 0.5) is 0 Å². The molecule has 0 aliphatic carbocycles. The molecular formula is C24H26N2S. The molecule has 0 amide bonds. The second kappa shape index (κ2) is 8.28. The second-order valence-electron chi connectivity index (χ2n) is 7.35. The number of benzene rings is 2. The Labute approximate surface area is 166 Å². The molecule has 0 radical (unpaired) electrons. The van der Waals surface area contributed by atoms with E-state index in [0.29, 0.717) is 5.92 Å². The lowest BCUT2D eigenvalue weighted by Gasteiger charge is -2.31. The van der Waals surface area contributed by atoms with E-state index in [-0.39, 0.29) is 0 Å². The Balaban J connectivity index is 1.40. The zero-order valence-corrected chi connectivity index (χ0v) is 16.9. The number of piperidine rings is 1. The van der Waals surface area contributed by atoms with Gasteiger partial charge in [0.25, 0.3) is 0 Å². The monoisotopic (exact) mass is 374 g/mol. The first-order valence-corrected chi connectivity index (χ1v) is 10.5. The summed E-state index contributed by atoms with van der Waals surface area (Å²) in [6.07, 6.45) is 6.22. The summed E-state index contributed by atoms with van der Waals surface area (Å²) < 4.78 is 2.47. The van der Waals surface area contributed by atoms with E-state index in [4.69, 9.17) is 0 Å². The van der Waals surface area contributed by atoms with Gasteiger partial charge >= 0.3 is 0 Å². The van der Waals surface area contributed by atoms with E-state index < -0.39 is 0 Å². The number of aryl methyl sites for hydroxylation is 1. The summed E-state index contributed by atoms with van der Waals surface area (Å²) in [5, 5.41) is 0. The van der Waals surface area contributed by atoms with Gasteiger partial charge in [-0.3, -0.25) is 4.98 Å². The van der Waals surface area contributed by atoms with Crippen molar-refractivity contribution in [3.63, 3.8) is 0 Å².